The smallest absolute Gasteiger partial charge is 0.325 e. The number of non-ortho nitro benzene ring substituents is 1. The number of nitro groups is 1. The molecular formula is C19H20N4O6. The van der Waals surface area contributed by atoms with E-state index in [0.717, 1.165) is 4.90 Å². The molecule has 10 nitrogen and oxygen atoms in total. The first kappa shape index (κ1) is 20.1. The Hall–Kier alpha value is -3.69. The van der Waals surface area contributed by atoms with Gasteiger partial charge in [-0.15, -0.1) is 0 Å². The molecular weight excluding hydrogens is 380 g/mol. The van der Waals surface area contributed by atoms with Crippen LogP contribution in [0.3, 0.4) is 0 Å². The van der Waals surface area contributed by atoms with Crippen molar-refractivity contribution in [3.05, 3.63) is 57.5 Å². The molecule has 0 radical (unpaired) electrons. The van der Waals surface area contributed by atoms with E-state index >= 15 is 0 Å². The van der Waals surface area contributed by atoms with Crippen LogP contribution < -0.4 is 10.2 Å². The van der Waals surface area contributed by atoms with Crippen LogP contribution in [0.5, 0.6) is 0 Å². The van der Waals surface area contributed by atoms with Gasteiger partial charge in [0.2, 0.25) is 5.91 Å². The summed E-state index contributed by atoms with van der Waals surface area (Å²) in [6, 6.07) is 6.39. The van der Waals surface area contributed by atoms with Gasteiger partial charge >= 0.3 is 6.03 Å². The van der Waals surface area contributed by atoms with Crippen molar-refractivity contribution in [1.82, 2.24) is 10.2 Å². The second-order valence-electron chi connectivity index (χ2n) is 7.00. The zero-order chi connectivity index (χ0) is 21.5. The Bertz CT molecular complexity index is 1010. The van der Waals surface area contributed by atoms with E-state index in [0.29, 0.717) is 22.8 Å². The van der Waals surface area contributed by atoms with Crippen molar-refractivity contribution in [2.75, 3.05) is 18.5 Å². The van der Waals surface area contributed by atoms with Gasteiger partial charge in [-0.05, 0) is 39.0 Å². The molecule has 1 aromatic carbocycles. The van der Waals surface area contributed by atoms with Crippen LogP contribution in [0.25, 0.3) is 0 Å². The lowest BCUT2D eigenvalue weighted by atomic mass is 9.92. The number of anilines is 1. The molecule has 1 saturated heterocycles. The predicted molar refractivity (Wildman–Crippen MR) is 102 cm³/mol. The van der Waals surface area contributed by atoms with Crippen LogP contribution in [0.15, 0.2) is 34.7 Å². The molecule has 0 bridgehead atoms. The van der Waals surface area contributed by atoms with Gasteiger partial charge in [0.05, 0.1) is 4.92 Å². The summed E-state index contributed by atoms with van der Waals surface area (Å²) in [5.74, 6) is 0.0339. The van der Waals surface area contributed by atoms with E-state index in [1.54, 1.807) is 26.8 Å². The van der Waals surface area contributed by atoms with E-state index in [-0.39, 0.29) is 5.69 Å². The Labute approximate surface area is 166 Å². The van der Waals surface area contributed by atoms with Crippen LogP contribution >= 0.6 is 0 Å². The number of nitrogens with one attached hydrogen (secondary N) is 1. The van der Waals surface area contributed by atoms with E-state index in [1.807, 2.05) is 0 Å². The SMILES string of the molecule is Cc1cc(C2(C)NC(=O)N(CC(=O)N(C)c3ccc([N+](=O)[O-])cc3)C2=O)c(C)o1. The van der Waals surface area contributed by atoms with Gasteiger partial charge < -0.3 is 14.6 Å². The lowest BCUT2D eigenvalue weighted by Gasteiger charge is -2.22. The minimum Gasteiger partial charge on any atom is -0.466 e. The highest BCUT2D eigenvalue weighted by atomic mass is 16.6. The average Bonchev–Trinajstić information content (AvgIpc) is 3.12. The first-order valence-electron chi connectivity index (χ1n) is 8.77. The monoisotopic (exact) mass is 400 g/mol. The third-order valence-electron chi connectivity index (χ3n) is 4.97. The lowest BCUT2D eigenvalue weighted by molar-refractivity contribution is -0.384. The molecule has 1 fully saturated rings. The summed E-state index contributed by atoms with van der Waals surface area (Å²) in [4.78, 5) is 50.3. The largest absolute Gasteiger partial charge is 0.466 e. The van der Waals surface area contributed by atoms with Gasteiger partial charge in [0.15, 0.2) is 0 Å². The number of rotatable bonds is 5. The fourth-order valence-electron chi connectivity index (χ4n) is 3.33. The van der Waals surface area contributed by atoms with E-state index in [9.17, 15) is 24.5 Å². The summed E-state index contributed by atoms with van der Waals surface area (Å²) in [6.45, 7) is 4.53. The summed E-state index contributed by atoms with van der Waals surface area (Å²) < 4.78 is 5.47. The summed E-state index contributed by atoms with van der Waals surface area (Å²) in [5.41, 5.74) is -0.500. The lowest BCUT2D eigenvalue weighted by Crippen LogP contribution is -2.43. The number of urea groups is 1. The molecule has 152 valence electrons. The number of hydrogen-bond donors (Lipinski definition) is 1. The number of imide groups is 1. The normalized spacial score (nSPS) is 18.7. The Morgan fingerprint density at radius 3 is 2.41 bits per heavy atom. The quantitative estimate of drug-likeness (QED) is 0.466. The number of aryl methyl sites for hydroxylation is 2. The minimum atomic E-state index is -1.33. The fraction of sp³-hybridized carbons (Fsp3) is 0.316. The number of nitrogens with zero attached hydrogens (tertiary/aromatic N) is 3. The number of hydrogen-bond acceptors (Lipinski definition) is 6. The number of furan rings is 1. The molecule has 1 atom stereocenters. The molecule has 1 aromatic heterocycles. The van der Waals surface area contributed by atoms with E-state index in [1.165, 1.54) is 36.2 Å². The predicted octanol–water partition coefficient (Wildman–Crippen LogP) is 2.23. The number of benzene rings is 1. The first-order chi connectivity index (χ1) is 13.5. The van der Waals surface area contributed by atoms with Gasteiger partial charge in [-0.25, -0.2) is 4.79 Å². The molecule has 0 spiro atoms. The van der Waals surface area contributed by atoms with Crippen molar-refractivity contribution < 1.29 is 23.7 Å². The zero-order valence-electron chi connectivity index (χ0n) is 16.4. The summed E-state index contributed by atoms with van der Waals surface area (Å²) in [7, 11) is 1.46. The van der Waals surface area contributed by atoms with Gasteiger partial charge in [0.1, 0.15) is 23.6 Å². The summed E-state index contributed by atoms with van der Waals surface area (Å²) in [5, 5.41) is 13.4. The van der Waals surface area contributed by atoms with E-state index < -0.39 is 34.9 Å². The molecule has 1 aliphatic heterocycles. The van der Waals surface area contributed by atoms with Crippen molar-refractivity contribution in [3.8, 4) is 0 Å². The third-order valence-corrected chi connectivity index (χ3v) is 4.97. The van der Waals surface area contributed by atoms with Crippen LogP contribution in [0, 0.1) is 24.0 Å². The van der Waals surface area contributed by atoms with Gasteiger partial charge in [0, 0.05) is 30.4 Å². The van der Waals surface area contributed by atoms with Crippen LogP contribution in [0.2, 0.25) is 0 Å². The van der Waals surface area contributed by atoms with Crippen molar-refractivity contribution in [2.24, 2.45) is 0 Å². The number of nitro benzene ring substituents is 1. The molecule has 4 amide bonds. The molecule has 2 aromatic rings. The Balaban J connectivity index is 1.78. The highest BCUT2D eigenvalue weighted by Crippen LogP contribution is 2.33. The van der Waals surface area contributed by atoms with E-state index in [4.69, 9.17) is 4.42 Å². The molecule has 0 aliphatic carbocycles. The zero-order valence-corrected chi connectivity index (χ0v) is 16.4. The van der Waals surface area contributed by atoms with Crippen molar-refractivity contribution in [2.45, 2.75) is 26.3 Å². The molecule has 1 unspecified atom stereocenters. The Morgan fingerprint density at radius 1 is 1.28 bits per heavy atom. The second-order valence-corrected chi connectivity index (χ2v) is 7.00. The topological polar surface area (TPSA) is 126 Å². The summed E-state index contributed by atoms with van der Waals surface area (Å²) >= 11 is 0. The van der Waals surface area contributed by atoms with Crippen LogP contribution in [0.1, 0.15) is 24.0 Å². The van der Waals surface area contributed by atoms with Crippen LogP contribution in [0.4, 0.5) is 16.2 Å². The van der Waals surface area contributed by atoms with Crippen molar-refractivity contribution in [1.29, 1.82) is 0 Å². The first-order valence-corrected chi connectivity index (χ1v) is 8.77. The van der Waals surface area contributed by atoms with Crippen LogP contribution in [-0.4, -0.2) is 41.3 Å². The average molecular weight is 400 g/mol. The Kier molecular flexibility index (Phi) is 4.87. The fourth-order valence-corrected chi connectivity index (χ4v) is 3.33. The maximum Gasteiger partial charge on any atom is 0.325 e. The highest BCUT2D eigenvalue weighted by molar-refractivity contribution is 6.10. The number of amides is 4. The molecule has 0 saturated carbocycles. The third kappa shape index (κ3) is 3.44. The molecule has 3 rings (SSSR count). The van der Waals surface area contributed by atoms with Crippen LogP contribution in [-0.2, 0) is 15.1 Å². The Morgan fingerprint density at radius 2 is 1.90 bits per heavy atom. The molecule has 29 heavy (non-hydrogen) atoms. The number of carbonyl (C=O) groups excluding carboxylic acids is 3. The highest BCUT2D eigenvalue weighted by Gasteiger charge is 2.51. The van der Waals surface area contributed by atoms with Crippen molar-refractivity contribution >= 4 is 29.2 Å². The minimum absolute atomic E-state index is 0.106. The van der Waals surface area contributed by atoms with Gasteiger partial charge in [-0.1, -0.05) is 0 Å². The van der Waals surface area contributed by atoms with E-state index in [2.05, 4.69) is 5.32 Å². The van der Waals surface area contributed by atoms with Gasteiger partial charge in [-0.3, -0.25) is 24.6 Å². The molecule has 2 heterocycles. The number of carbonyl (C=O) groups is 3. The second kappa shape index (κ2) is 7.04. The standard InChI is InChI=1S/C19H20N4O6/c1-11-9-15(12(2)29-11)19(3)17(25)22(18(26)20-19)10-16(24)21(4)13-5-7-14(8-6-13)23(27)28/h5-9H,10H2,1-4H3,(H,20,26). The number of likely N-dealkylation sites (N-methyl/N-ethyl adjacent to an activating group) is 1. The molecule has 10 heteroatoms. The van der Waals surface area contributed by atoms with Gasteiger partial charge in [0.25, 0.3) is 11.6 Å². The van der Waals surface area contributed by atoms with Crippen molar-refractivity contribution in [3.63, 3.8) is 0 Å². The van der Waals surface area contributed by atoms with Gasteiger partial charge in [-0.2, -0.15) is 0 Å². The summed E-state index contributed by atoms with van der Waals surface area (Å²) in [6.07, 6.45) is 0. The maximum absolute atomic E-state index is 13.0. The molecule has 1 aliphatic rings. The molecule has 1 N–H and O–H groups in total. The maximum atomic E-state index is 13.0.